The minimum atomic E-state index is -0.156. The molecule has 0 unspecified atom stereocenters. The summed E-state index contributed by atoms with van der Waals surface area (Å²) in [6.07, 6.45) is 0. The Morgan fingerprint density at radius 3 is 2.45 bits per heavy atom. The predicted molar refractivity (Wildman–Crippen MR) is 46.0 cm³/mol. The average Bonchev–Trinajstić information content (AvgIpc) is 2.34. The fraction of sp³-hybridized carbons (Fsp3) is 0.500. The molecular weight excluding hydrogens is 161 g/mol. The summed E-state index contributed by atoms with van der Waals surface area (Å²) in [5.41, 5.74) is 5.79. The van der Waals surface area contributed by atoms with Crippen molar-refractivity contribution in [2.45, 2.75) is 19.9 Å². The molecule has 0 aliphatic carbocycles. The van der Waals surface area contributed by atoms with E-state index < -0.39 is 0 Å². The predicted octanol–water partition coefficient (Wildman–Crippen LogP) is 2.54. The van der Waals surface area contributed by atoms with Gasteiger partial charge in [-0.3, -0.25) is 0 Å². The van der Waals surface area contributed by atoms with E-state index >= 15 is 0 Å². The van der Waals surface area contributed by atoms with Crippen LogP contribution in [0.1, 0.15) is 24.8 Å². The van der Waals surface area contributed by atoms with Crippen molar-refractivity contribution < 1.29 is 4.39 Å². The van der Waals surface area contributed by atoms with Crippen LogP contribution in [0.5, 0.6) is 0 Å². The quantitative estimate of drug-likeness (QED) is 0.730. The van der Waals surface area contributed by atoms with Crippen LogP contribution in [0.25, 0.3) is 0 Å². The molecule has 0 aromatic carbocycles. The maximum Gasteiger partial charge on any atom is 0.176 e. The first kappa shape index (κ1) is 8.68. The molecule has 1 aromatic heterocycles. The number of nitrogens with two attached hydrogens (primary N) is 1. The molecule has 0 fully saturated rings. The smallest absolute Gasteiger partial charge is 0.176 e. The Kier molecular flexibility index (Phi) is 2.62. The fourth-order valence-electron chi connectivity index (χ4n) is 0.836. The van der Waals surface area contributed by atoms with Gasteiger partial charge in [-0.05, 0) is 18.1 Å². The Balaban J connectivity index is 2.76. The molecule has 1 atom stereocenters. The van der Waals surface area contributed by atoms with Gasteiger partial charge in [-0.2, -0.15) is 4.39 Å². The number of halogens is 1. The Hall–Kier alpha value is -0.410. The van der Waals surface area contributed by atoms with E-state index in [1.54, 1.807) is 6.07 Å². The van der Waals surface area contributed by atoms with Crippen LogP contribution in [-0.4, -0.2) is 0 Å². The van der Waals surface area contributed by atoms with Crippen molar-refractivity contribution in [3.05, 3.63) is 22.1 Å². The van der Waals surface area contributed by atoms with E-state index in [9.17, 15) is 4.39 Å². The second-order valence-electron chi connectivity index (χ2n) is 2.91. The molecule has 1 heterocycles. The highest BCUT2D eigenvalue weighted by atomic mass is 32.1. The Labute approximate surface area is 70.0 Å². The SMILES string of the molecule is CC(C)[C@H](N)c1ccc(F)s1. The molecule has 1 aromatic rings. The van der Waals surface area contributed by atoms with E-state index in [1.807, 2.05) is 13.8 Å². The van der Waals surface area contributed by atoms with E-state index in [0.717, 1.165) is 16.2 Å². The molecule has 0 aliphatic heterocycles. The Morgan fingerprint density at radius 2 is 2.09 bits per heavy atom. The normalized spacial score (nSPS) is 13.9. The van der Waals surface area contributed by atoms with Crippen LogP contribution < -0.4 is 5.73 Å². The van der Waals surface area contributed by atoms with E-state index in [4.69, 9.17) is 5.73 Å². The van der Waals surface area contributed by atoms with E-state index in [2.05, 4.69) is 0 Å². The molecule has 0 bridgehead atoms. The van der Waals surface area contributed by atoms with Gasteiger partial charge in [0.15, 0.2) is 5.13 Å². The van der Waals surface area contributed by atoms with Gasteiger partial charge < -0.3 is 5.73 Å². The van der Waals surface area contributed by atoms with Gasteiger partial charge in [-0.25, -0.2) is 0 Å². The van der Waals surface area contributed by atoms with Crippen molar-refractivity contribution >= 4 is 11.3 Å². The van der Waals surface area contributed by atoms with Gasteiger partial charge in [0.25, 0.3) is 0 Å². The van der Waals surface area contributed by atoms with Crippen LogP contribution in [0, 0.1) is 11.0 Å². The molecule has 1 rings (SSSR count). The molecule has 0 saturated carbocycles. The summed E-state index contributed by atoms with van der Waals surface area (Å²) in [7, 11) is 0. The zero-order valence-electron chi connectivity index (χ0n) is 6.67. The standard InChI is InChI=1S/C8H12FNS/c1-5(2)8(10)6-3-4-7(9)11-6/h3-5,8H,10H2,1-2H3/t8-/m0/s1. The molecular formula is C8H12FNS. The lowest BCUT2D eigenvalue weighted by Crippen LogP contribution is -2.14. The molecule has 0 aliphatic rings. The molecule has 2 N–H and O–H groups in total. The molecule has 0 spiro atoms. The second-order valence-corrected chi connectivity index (χ2v) is 3.98. The lowest BCUT2D eigenvalue weighted by molar-refractivity contribution is 0.521. The highest BCUT2D eigenvalue weighted by molar-refractivity contribution is 7.10. The Morgan fingerprint density at radius 1 is 1.45 bits per heavy atom. The third-order valence-corrected chi connectivity index (χ3v) is 2.62. The van der Waals surface area contributed by atoms with Crippen LogP contribution >= 0.6 is 11.3 Å². The van der Waals surface area contributed by atoms with Crippen molar-refractivity contribution in [1.82, 2.24) is 0 Å². The molecule has 0 radical (unpaired) electrons. The van der Waals surface area contributed by atoms with Crippen molar-refractivity contribution in [2.24, 2.45) is 11.7 Å². The summed E-state index contributed by atoms with van der Waals surface area (Å²) < 4.78 is 12.5. The summed E-state index contributed by atoms with van der Waals surface area (Å²) in [5.74, 6) is 0.369. The highest BCUT2D eigenvalue weighted by Crippen LogP contribution is 2.25. The molecule has 1 nitrogen and oxygen atoms in total. The minimum Gasteiger partial charge on any atom is -0.323 e. The molecule has 62 valence electrons. The first-order chi connectivity index (χ1) is 5.11. The number of rotatable bonds is 2. The van der Waals surface area contributed by atoms with Gasteiger partial charge >= 0.3 is 0 Å². The van der Waals surface area contributed by atoms with Crippen molar-refractivity contribution in [1.29, 1.82) is 0 Å². The van der Waals surface area contributed by atoms with E-state index in [-0.39, 0.29) is 11.2 Å². The van der Waals surface area contributed by atoms with E-state index in [0.29, 0.717) is 5.92 Å². The third kappa shape index (κ3) is 2.01. The van der Waals surface area contributed by atoms with Crippen molar-refractivity contribution in [2.75, 3.05) is 0 Å². The molecule has 11 heavy (non-hydrogen) atoms. The van der Waals surface area contributed by atoms with Crippen LogP contribution in [0.2, 0.25) is 0 Å². The minimum absolute atomic E-state index is 0.0236. The summed E-state index contributed by atoms with van der Waals surface area (Å²) in [4.78, 5) is 0.928. The van der Waals surface area contributed by atoms with Gasteiger partial charge in [-0.15, -0.1) is 11.3 Å². The maximum atomic E-state index is 12.5. The molecule has 0 saturated heterocycles. The third-order valence-electron chi connectivity index (χ3n) is 1.64. The van der Waals surface area contributed by atoms with Gasteiger partial charge in [-0.1, -0.05) is 13.8 Å². The van der Waals surface area contributed by atoms with Crippen LogP contribution in [0.4, 0.5) is 4.39 Å². The summed E-state index contributed by atoms with van der Waals surface area (Å²) in [6.45, 7) is 4.06. The Bertz CT molecular complexity index is 232. The van der Waals surface area contributed by atoms with Crippen molar-refractivity contribution in [3.8, 4) is 0 Å². The largest absolute Gasteiger partial charge is 0.323 e. The first-order valence-electron chi connectivity index (χ1n) is 3.62. The van der Waals surface area contributed by atoms with Gasteiger partial charge in [0.1, 0.15) is 0 Å². The van der Waals surface area contributed by atoms with Crippen LogP contribution in [0.3, 0.4) is 0 Å². The van der Waals surface area contributed by atoms with Crippen molar-refractivity contribution in [3.63, 3.8) is 0 Å². The topological polar surface area (TPSA) is 26.0 Å². The van der Waals surface area contributed by atoms with Gasteiger partial charge in [0, 0.05) is 10.9 Å². The summed E-state index contributed by atoms with van der Waals surface area (Å²) in [5, 5.41) is -0.156. The van der Waals surface area contributed by atoms with Crippen LogP contribution in [-0.2, 0) is 0 Å². The number of hydrogen-bond acceptors (Lipinski definition) is 2. The second kappa shape index (κ2) is 3.32. The zero-order valence-corrected chi connectivity index (χ0v) is 7.49. The monoisotopic (exact) mass is 173 g/mol. The lowest BCUT2D eigenvalue weighted by atomic mass is 10.0. The summed E-state index contributed by atoms with van der Waals surface area (Å²) in [6, 6.07) is 3.19. The highest BCUT2D eigenvalue weighted by Gasteiger charge is 2.12. The maximum absolute atomic E-state index is 12.5. The average molecular weight is 173 g/mol. The van der Waals surface area contributed by atoms with Gasteiger partial charge in [0.2, 0.25) is 0 Å². The number of thiophene rings is 1. The molecule has 3 heteroatoms. The summed E-state index contributed by atoms with van der Waals surface area (Å²) >= 11 is 1.13. The lowest BCUT2D eigenvalue weighted by Gasteiger charge is -2.12. The fourth-order valence-corrected chi connectivity index (χ4v) is 1.74. The van der Waals surface area contributed by atoms with E-state index in [1.165, 1.54) is 6.07 Å². The first-order valence-corrected chi connectivity index (χ1v) is 4.43. The molecule has 0 amide bonds. The number of hydrogen-bond donors (Lipinski definition) is 1. The van der Waals surface area contributed by atoms with Gasteiger partial charge in [0.05, 0.1) is 0 Å². The zero-order chi connectivity index (χ0) is 8.43. The van der Waals surface area contributed by atoms with Crippen LogP contribution in [0.15, 0.2) is 12.1 Å².